The first kappa shape index (κ1) is 15.5. The Labute approximate surface area is 119 Å². The van der Waals surface area contributed by atoms with Crippen LogP contribution in [0.15, 0.2) is 22.7 Å². The molecule has 0 spiro atoms. The first-order chi connectivity index (χ1) is 8.54. The van der Waals surface area contributed by atoms with Gasteiger partial charge in [-0.3, -0.25) is 4.90 Å². The van der Waals surface area contributed by atoms with Crippen LogP contribution in [0.2, 0.25) is 0 Å². The van der Waals surface area contributed by atoms with Crippen LogP contribution in [-0.4, -0.2) is 22.6 Å². The molecule has 1 aromatic rings. The van der Waals surface area contributed by atoms with Gasteiger partial charge in [0, 0.05) is 17.1 Å². The van der Waals surface area contributed by atoms with Gasteiger partial charge in [-0.1, -0.05) is 35.7 Å². The van der Waals surface area contributed by atoms with Gasteiger partial charge in [0.2, 0.25) is 0 Å². The van der Waals surface area contributed by atoms with Crippen LogP contribution in [-0.2, 0) is 6.54 Å². The number of hydrogen-bond donors (Lipinski definition) is 1. The second-order valence-electron chi connectivity index (χ2n) is 5.05. The molecule has 1 N–H and O–H groups in total. The lowest BCUT2D eigenvalue weighted by Crippen LogP contribution is -2.31. The van der Waals surface area contributed by atoms with Gasteiger partial charge in [0.25, 0.3) is 0 Å². The van der Waals surface area contributed by atoms with E-state index >= 15 is 0 Å². The minimum absolute atomic E-state index is 0.338. The van der Waals surface area contributed by atoms with E-state index in [0.717, 1.165) is 23.1 Å². The maximum atomic E-state index is 9.56. The molecule has 1 aromatic carbocycles. The zero-order valence-corrected chi connectivity index (χ0v) is 13.2. The van der Waals surface area contributed by atoms with E-state index in [4.69, 9.17) is 0 Å². The molecule has 0 amide bonds. The first-order valence-corrected chi connectivity index (χ1v) is 7.55. The van der Waals surface area contributed by atoms with E-state index in [2.05, 4.69) is 41.6 Å². The number of unbranched alkanes of at least 4 members (excludes halogenated alkanes) is 2. The van der Waals surface area contributed by atoms with Gasteiger partial charge in [0.05, 0.1) is 0 Å². The van der Waals surface area contributed by atoms with E-state index in [-0.39, 0.29) is 0 Å². The van der Waals surface area contributed by atoms with Crippen LogP contribution >= 0.6 is 15.9 Å². The van der Waals surface area contributed by atoms with E-state index in [1.807, 2.05) is 12.1 Å². The predicted octanol–water partition coefficient (Wildman–Crippen LogP) is 4.56. The average Bonchev–Trinajstić information content (AvgIpc) is 2.32. The normalized spacial score (nSPS) is 11.4. The molecular formula is C15H24BrNO. The Balaban J connectivity index is 2.67. The molecule has 0 fully saturated rings. The van der Waals surface area contributed by atoms with Crippen molar-refractivity contribution in [1.82, 2.24) is 4.90 Å². The Bertz CT molecular complexity index is 366. The zero-order chi connectivity index (χ0) is 13.5. The number of halogens is 1. The second kappa shape index (κ2) is 7.80. The molecule has 0 bridgehead atoms. The van der Waals surface area contributed by atoms with Crippen LogP contribution in [0.3, 0.4) is 0 Å². The second-order valence-corrected chi connectivity index (χ2v) is 5.90. The Hall–Kier alpha value is -0.540. The number of phenolic OH excluding ortho intramolecular Hbond substituents is 1. The van der Waals surface area contributed by atoms with Crippen LogP contribution in [0.25, 0.3) is 0 Å². The largest absolute Gasteiger partial charge is 0.508 e. The molecule has 2 nitrogen and oxygen atoms in total. The van der Waals surface area contributed by atoms with Crippen molar-refractivity contribution in [3.05, 3.63) is 28.2 Å². The van der Waals surface area contributed by atoms with Crippen molar-refractivity contribution in [1.29, 1.82) is 0 Å². The number of nitrogens with zero attached hydrogens (tertiary/aromatic N) is 1. The summed E-state index contributed by atoms with van der Waals surface area (Å²) in [5, 5.41) is 9.56. The quantitative estimate of drug-likeness (QED) is 0.746. The number of phenols is 1. The van der Waals surface area contributed by atoms with Crippen LogP contribution in [0.5, 0.6) is 5.75 Å². The molecular weight excluding hydrogens is 290 g/mol. The third-order valence-electron chi connectivity index (χ3n) is 3.18. The van der Waals surface area contributed by atoms with Crippen LogP contribution in [0.1, 0.15) is 45.6 Å². The summed E-state index contributed by atoms with van der Waals surface area (Å²) in [5.41, 5.74) is 1.15. The van der Waals surface area contributed by atoms with Gasteiger partial charge in [-0.2, -0.15) is 0 Å². The highest BCUT2D eigenvalue weighted by molar-refractivity contribution is 9.10. The Kier molecular flexibility index (Phi) is 6.72. The molecule has 0 saturated heterocycles. The van der Waals surface area contributed by atoms with Gasteiger partial charge in [0.15, 0.2) is 0 Å². The maximum absolute atomic E-state index is 9.56. The van der Waals surface area contributed by atoms with Crippen molar-refractivity contribution in [2.24, 2.45) is 0 Å². The lowest BCUT2D eigenvalue weighted by Gasteiger charge is -2.27. The molecule has 3 heteroatoms. The molecule has 0 aliphatic heterocycles. The van der Waals surface area contributed by atoms with E-state index in [1.54, 1.807) is 6.07 Å². The number of hydrogen-bond acceptors (Lipinski definition) is 2. The highest BCUT2D eigenvalue weighted by Gasteiger charge is 2.12. The molecule has 18 heavy (non-hydrogen) atoms. The summed E-state index contributed by atoms with van der Waals surface area (Å²) < 4.78 is 1.07. The molecule has 102 valence electrons. The van der Waals surface area contributed by atoms with Crippen molar-refractivity contribution in [3.63, 3.8) is 0 Å². The van der Waals surface area contributed by atoms with Crippen molar-refractivity contribution in [3.8, 4) is 5.75 Å². The van der Waals surface area contributed by atoms with E-state index in [0.29, 0.717) is 11.8 Å². The highest BCUT2D eigenvalue weighted by atomic mass is 79.9. The topological polar surface area (TPSA) is 23.5 Å². The van der Waals surface area contributed by atoms with Gasteiger partial charge < -0.3 is 5.11 Å². The molecule has 0 aliphatic carbocycles. The summed E-state index contributed by atoms with van der Waals surface area (Å²) in [6.07, 6.45) is 3.78. The molecule has 0 radical (unpaired) electrons. The lowest BCUT2D eigenvalue weighted by molar-refractivity contribution is 0.208. The summed E-state index contributed by atoms with van der Waals surface area (Å²) in [7, 11) is 0. The summed E-state index contributed by atoms with van der Waals surface area (Å²) in [6.45, 7) is 8.68. The van der Waals surface area contributed by atoms with Gasteiger partial charge in [-0.05, 0) is 50.6 Å². The molecule has 0 aromatic heterocycles. The highest BCUT2D eigenvalue weighted by Crippen LogP contribution is 2.24. The Morgan fingerprint density at radius 3 is 2.61 bits per heavy atom. The van der Waals surface area contributed by atoms with E-state index in [9.17, 15) is 5.11 Å². The smallest absolute Gasteiger partial charge is 0.115 e. The SMILES string of the molecule is CCCCCN(Cc1cc(O)ccc1Br)C(C)C. The summed E-state index contributed by atoms with van der Waals surface area (Å²) in [6, 6.07) is 6.00. The fourth-order valence-corrected chi connectivity index (χ4v) is 2.36. The molecule has 0 saturated carbocycles. The third kappa shape index (κ3) is 4.99. The standard InChI is InChI=1S/C15H24BrNO/c1-4-5-6-9-17(12(2)3)11-13-10-14(18)7-8-15(13)16/h7-8,10,12,18H,4-6,9,11H2,1-3H3. The lowest BCUT2D eigenvalue weighted by atomic mass is 10.1. The summed E-state index contributed by atoms with van der Waals surface area (Å²) in [5.74, 6) is 0.338. The van der Waals surface area contributed by atoms with Crippen molar-refractivity contribution < 1.29 is 5.11 Å². The van der Waals surface area contributed by atoms with Gasteiger partial charge in [0.1, 0.15) is 5.75 Å². The van der Waals surface area contributed by atoms with Gasteiger partial charge in [-0.15, -0.1) is 0 Å². The monoisotopic (exact) mass is 313 g/mol. The first-order valence-electron chi connectivity index (χ1n) is 6.76. The fourth-order valence-electron chi connectivity index (χ4n) is 1.99. The minimum atomic E-state index is 0.338. The zero-order valence-electron chi connectivity index (χ0n) is 11.6. The van der Waals surface area contributed by atoms with Crippen LogP contribution in [0, 0.1) is 0 Å². The summed E-state index contributed by atoms with van der Waals surface area (Å²) >= 11 is 3.55. The molecule has 0 atom stereocenters. The van der Waals surface area contributed by atoms with Gasteiger partial charge >= 0.3 is 0 Å². The van der Waals surface area contributed by atoms with Crippen molar-refractivity contribution in [2.45, 2.75) is 52.6 Å². The van der Waals surface area contributed by atoms with E-state index < -0.39 is 0 Å². The van der Waals surface area contributed by atoms with Crippen molar-refractivity contribution >= 4 is 15.9 Å². The Morgan fingerprint density at radius 2 is 2.00 bits per heavy atom. The molecule has 0 unspecified atom stereocenters. The summed E-state index contributed by atoms with van der Waals surface area (Å²) in [4.78, 5) is 2.45. The van der Waals surface area contributed by atoms with E-state index in [1.165, 1.54) is 19.3 Å². The average molecular weight is 314 g/mol. The minimum Gasteiger partial charge on any atom is -0.508 e. The number of rotatable bonds is 7. The van der Waals surface area contributed by atoms with Crippen LogP contribution in [0.4, 0.5) is 0 Å². The Morgan fingerprint density at radius 1 is 1.28 bits per heavy atom. The molecule has 0 heterocycles. The number of aromatic hydroxyl groups is 1. The third-order valence-corrected chi connectivity index (χ3v) is 3.96. The molecule has 1 rings (SSSR count). The van der Waals surface area contributed by atoms with Crippen LogP contribution < -0.4 is 0 Å². The fraction of sp³-hybridized carbons (Fsp3) is 0.600. The van der Waals surface area contributed by atoms with Gasteiger partial charge in [-0.25, -0.2) is 0 Å². The molecule has 0 aliphatic rings. The maximum Gasteiger partial charge on any atom is 0.115 e. The number of benzene rings is 1. The predicted molar refractivity (Wildman–Crippen MR) is 80.9 cm³/mol. The van der Waals surface area contributed by atoms with Crippen molar-refractivity contribution in [2.75, 3.05) is 6.54 Å².